The van der Waals surface area contributed by atoms with Crippen LogP contribution in [0.4, 0.5) is 13.2 Å². The Morgan fingerprint density at radius 1 is 0.957 bits per heavy atom. The van der Waals surface area contributed by atoms with E-state index in [1.807, 2.05) is 31.2 Å². The smallest absolute Gasteiger partial charge is 0.322 e. The Morgan fingerprint density at radius 3 is 2.22 bits per heavy atom. The van der Waals surface area contributed by atoms with E-state index in [2.05, 4.69) is 4.98 Å². The SMILES string of the molecule is CCc1ccc(-c2ccc3[nH]c(=O)cc(C(F)(F)F)c3c2)cc1. The molecule has 1 aromatic heterocycles. The predicted molar refractivity (Wildman–Crippen MR) is 84.4 cm³/mol. The lowest BCUT2D eigenvalue weighted by atomic mass is 9.99. The summed E-state index contributed by atoms with van der Waals surface area (Å²) in [5.74, 6) is 0. The molecule has 0 unspecified atom stereocenters. The molecule has 3 aromatic rings. The standard InChI is InChI=1S/C18H14F3NO/c1-2-11-3-5-12(6-4-11)13-7-8-16-14(9-13)15(18(19,20)21)10-17(23)22-16/h3-10H,2H2,1H3,(H,22,23). The minimum atomic E-state index is -4.57. The molecule has 0 radical (unpaired) electrons. The number of hydrogen-bond acceptors (Lipinski definition) is 1. The first-order valence-corrected chi connectivity index (χ1v) is 7.22. The van der Waals surface area contributed by atoms with E-state index in [-0.39, 0.29) is 10.9 Å². The summed E-state index contributed by atoms with van der Waals surface area (Å²) in [6, 6.07) is 13.0. The van der Waals surface area contributed by atoms with Gasteiger partial charge in [-0.05, 0) is 35.2 Å². The van der Waals surface area contributed by atoms with Crippen LogP contribution >= 0.6 is 0 Å². The molecule has 0 atom stereocenters. The van der Waals surface area contributed by atoms with Gasteiger partial charge in [0.1, 0.15) is 0 Å². The summed E-state index contributed by atoms with van der Waals surface area (Å²) in [4.78, 5) is 13.9. The van der Waals surface area contributed by atoms with E-state index in [4.69, 9.17) is 0 Å². The first-order chi connectivity index (χ1) is 10.9. The molecule has 2 aromatic carbocycles. The van der Waals surface area contributed by atoms with Crippen LogP contribution in [0.25, 0.3) is 22.0 Å². The number of H-pyrrole nitrogens is 1. The van der Waals surface area contributed by atoms with Crippen LogP contribution < -0.4 is 5.56 Å². The molecule has 0 aliphatic heterocycles. The van der Waals surface area contributed by atoms with E-state index in [9.17, 15) is 18.0 Å². The van der Waals surface area contributed by atoms with Crippen LogP contribution in [0.1, 0.15) is 18.1 Å². The summed E-state index contributed by atoms with van der Waals surface area (Å²) in [7, 11) is 0. The van der Waals surface area contributed by atoms with Crippen molar-refractivity contribution in [3.63, 3.8) is 0 Å². The van der Waals surface area contributed by atoms with E-state index in [0.717, 1.165) is 17.5 Å². The zero-order valence-corrected chi connectivity index (χ0v) is 12.4. The Bertz CT molecular complexity index is 908. The van der Waals surface area contributed by atoms with Gasteiger partial charge in [-0.3, -0.25) is 4.79 Å². The molecule has 23 heavy (non-hydrogen) atoms. The van der Waals surface area contributed by atoms with E-state index in [1.54, 1.807) is 6.07 Å². The van der Waals surface area contributed by atoms with Crippen LogP contribution in [0.2, 0.25) is 0 Å². The Kier molecular flexibility index (Phi) is 3.72. The summed E-state index contributed by atoms with van der Waals surface area (Å²) < 4.78 is 39.5. The minimum absolute atomic E-state index is 0.00540. The maximum absolute atomic E-state index is 13.2. The van der Waals surface area contributed by atoms with E-state index >= 15 is 0 Å². The van der Waals surface area contributed by atoms with Gasteiger partial charge in [-0.2, -0.15) is 13.2 Å². The molecule has 3 rings (SSSR count). The van der Waals surface area contributed by atoms with Crippen LogP contribution in [-0.4, -0.2) is 4.98 Å². The highest BCUT2D eigenvalue weighted by atomic mass is 19.4. The average Bonchev–Trinajstić information content (AvgIpc) is 2.53. The third kappa shape index (κ3) is 2.99. The van der Waals surface area contributed by atoms with Crippen molar-refractivity contribution in [3.8, 4) is 11.1 Å². The van der Waals surface area contributed by atoms with Crippen molar-refractivity contribution in [1.82, 2.24) is 4.98 Å². The van der Waals surface area contributed by atoms with Crippen molar-refractivity contribution >= 4 is 10.9 Å². The predicted octanol–water partition coefficient (Wildman–Crippen LogP) is 4.78. The van der Waals surface area contributed by atoms with Gasteiger partial charge in [0.25, 0.3) is 0 Å². The van der Waals surface area contributed by atoms with E-state index in [1.165, 1.54) is 12.1 Å². The van der Waals surface area contributed by atoms with Gasteiger partial charge in [-0.25, -0.2) is 0 Å². The summed E-state index contributed by atoms with van der Waals surface area (Å²) in [5.41, 5.74) is 1.18. The summed E-state index contributed by atoms with van der Waals surface area (Å²) in [6.45, 7) is 2.04. The largest absolute Gasteiger partial charge is 0.417 e. The first-order valence-electron chi connectivity index (χ1n) is 7.22. The highest BCUT2D eigenvalue weighted by Crippen LogP contribution is 2.35. The summed E-state index contributed by atoms with van der Waals surface area (Å²) in [5, 5.41) is -0.00540. The average molecular weight is 317 g/mol. The number of aryl methyl sites for hydroxylation is 1. The lowest BCUT2D eigenvalue weighted by Gasteiger charge is -2.11. The van der Waals surface area contributed by atoms with Crippen molar-refractivity contribution in [2.75, 3.05) is 0 Å². The molecule has 0 saturated heterocycles. The Morgan fingerprint density at radius 2 is 1.61 bits per heavy atom. The number of pyridine rings is 1. The topological polar surface area (TPSA) is 32.9 Å². The molecule has 5 heteroatoms. The second-order valence-electron chi connectivity index (χ2n) is 5.36. The first kappa shape index (κ1) is 15.3. The summed E-state index contributed by atoms with van der Waals surface area (Å²) >= 11 is 0. The molecule has 0 fully saturated rings. The van der Waals surface area contributed by atoms with Crippen LogP contribution in [0, 0.1) is 0 Å². The molecule has 2 nitrogen and oxygen atoms in total. The lowest BCUT2D eigenvalue weighted by molar-refractivity contribution is -0.136. The number of benzene rings is 2. The Hall–Kier alpha value is -2.56. The van der Waals surface area contributed by atoms with Gasteiger partial charge in [0.2, 0.25) is 5.56 Å². The minimum Gasteiger partial charge on any atom is -0.322 e. The highest BCUT2D eigenvalue weighted by Gasteiger charge is 2.33. The monoisotopic (exact) mass is 317 g/mol. The molecular weight excluding hydrogens is 303 g/mol. The van der Waals surface area contributed by atoms with Crippen LogP contribution in [0.3, 0.4) is 0 Å². The third-order valence-electron chi connectivity index (χ3n) is 3.84. The van der Waals surface area contributed by atoms with Crippen molar-refractivity contribution < 1.29 is 13.2 Å². The Balaban J connectivity index is 2.21. The van der Waals surface area contributed by atoms with Crippen LogP contribution in [0.15, 0.2) is 53.3 Å². The maximum Gasteiger partial charge on any atom is 0.417 e. The van der Waals surface area contributed by atoms with Gasteiger partial charge >= 0.3 is 6.18 Å². The van der Waals surface area contributed by atoms with Crippen molar-refractivity contribution in [3.05, 3.63) is 70.0 Å². The third-order valence-corrected chi connectivity index (χ3v) is 3.84. The zero-order chi connectivity index (χ0) is 16.6. The quantitative estimate of drug-likeness (QED) is 0.725. The zero-order valence-electron chi connectivity index (χ0n) is 12.4. The molecule has 0 spiro atoms. The molecule has 0 aliphatic rings. The molecule has 0 aliphatic carbocycles. The summed E-state index contributed by atoms with van der Waals surface area (Å²) in [6.07, 6.45) is -3.67. The van der Waals surface area contributed by atoms with Crippen molar-refractivity contribution in [1.29, 1.82) is 0 Å². The number of nitrogens with one attached hydrogen (secondary N) is 1. The molecule has 0 amide bonds. The van der Waals surface area contributed by atoms with Gasteiger partial charge in [0.15, 0.2) is 0 Å². The number of fused-ring (bicyclic) bond motifs is 1. The van der Waals surface area contributed by atoms with E-state index < -0.39 is 17.3 Å². The van der Waals surface area contributed by atoms with Crippen molar-refractivity contribution in [2.45, 2.75) is 19.5 Å². The number of alkyl halides is 3. The number of aromatic nitrogens is 1. The van der Waals surface area contributed by atoms with Crippen molar-refractivity contribution in [2.24, 2.45) is 0 Å². The highest BCUT2D eigenvalue weighted by molar-refractivity contribution is 5.87. The molecule has 0 saturated carbocycles. The fourth-order valence-electron chi connectivity index (χ4n) is 2.60. The number of hydrogen-bond donors (Lipinski definition) is 1. The fraction of sp³-hybridized carbons (Fsp3) is 0.167. The number of halogens is 3. The lowest BCUT2D eigenvalue weighted by Crippen LogP contribution is -2.13. The molecule has 1 heterocycles. The second kappa shape index (κ2) is 5.57. The second-order valence-corrected chi connectivity index (χ2v) is 5.36. The molecule has 118 valence electrons. The Labute approximate surface area is 130 Å². The normalized spacial score (nSPS) is 11.8. The van der Waals surface area contributed by atoms with Gasteiger partial charge < -0.3 is 4.98 Å². The fourth-order valence-corrected chi connectivity index (χ4v) is 2.60. The number of rotatable bonds is 2. The molecule has 0 bridgehead atoms. The van der Waals surface area contributed by atoms with E-state index in [0.29, 0.717) is 11.6 Å². The molecular formula is C18H14F3NO. The van der Waals surface area contributed by atoms with Gasteiger partial charge in [-0.15, -0.1) is 0 Å². The van der Waals surface area contributed by atoms with Crippen LogP contribution in [-0.2, 0) is 12.6 Å². The van der Waals surface area contributed by atoms with Gasteiger partial charge in [0.05, 0.1) is 5.56 Å². The number of aromatic amines is 1. The van der Waals surface area contributed by atoms with Gasteiger partial charge in [-0.1, -0.05) is 37.3 Å². The van der Waals surface area contributed by atoms with Crippen LogP contribution in [0.5, 0.6) is 0 Å². The molecule has 1 N–H and O–H groups in total. The van der Waals surface area contributed by atoms with Gasteiger partial charge in [0, 0.05) is 17.0 Å². The maximum atomic E-state index is 13.2.